The molecular weight excluding hydrogens is 338 g/mol. The number of nitrogens with one attached hydrogen (secondary N) is 1. The number of pyridine rings is 2. The second-order valence-corrected chi connectivity index (χ2v) is 7.33. The largest absolute Gasteiger partial charge is 0.342 e. The first kappa shape index (κ1) is 17.5. The number of hydrogen-bond donors (Lipinski definition) is 1. The minimum atomic E-state index is -0.112. The molecule has 2 aromatic heterocycles. The maximum absolute atomic E-state index is 12.8. The van der Waals surface area contributed by atoms with Crippen LogP contribution in [0, 0.1) is 6.92 Å². The molecule has 5 nitrogen and oxygen atoms in total. The first-order valence-electron chi connectivity index (χ1n) is 9.41. The zero-order valence-electron chi connectivity index (χ0n) is 15.4. The summed E-state index contributed by atoms with van der Waals surface area (Å²) < 4.78 is 0. The molecule has 5 heteroatoms. The summed E-state index contributed by atoms with van der Waals surface area (Å²) in [5, 5.41) is 0.601. The standard InChI is InChI=1S/C22H23N3O2/c1-15-5-2-6-16(11-15)12-21(26)25-10-4-7-17(14-25)19-13-20-18(22(27)24-19)8-3-9-23-20/h2-3,5-6,8-9,11,13,17H,4,7,10,12,14H2,1H3,(H,24,27). The smallest absolute Gasteiger partial charge is 0.257 e. The van der Waals surface area contributed by atoms with Crippen LogP contribution in [0.25, 0.3) is 10.9 Å². The Kier molecular flexibility index (Phi) is 4.75. The van der Waals surface area contributed by atoms with Gasteiger partial charge in [-0.25, -0.2) is 0 Å². The van der Waals surface area contributed by atoms with E-state index in [-0.39, 0.29) is 17.4 Å². The number of piperidine rings is 1. The van der Waals surface area contributed by atoms with E-state index in [0.29, 0.717) is 23.9 Å². The maximum atomic E-state index is 12.8. The van der Waals surface area contributed by atoms with Crippen molar-refractivity contribution in [1.29, 1.82) is 0 Å². The zero-order chi connectivity index (χ0) is 18.8. The van der Waals surface area contributed by atoms with Gasteiger partial charge in [-0.3, -0.25) is 14.6 Å². The number of H-pyrrole nitrogens is 1. The molecule has 0 bridgehead atoms. The van der Waals surface area contributed by atoms with Gasteiger partial charge in [-0.15, -0.1) is 0 Å². The van der Waals surface area contributed by atoms with Crippen molar-refractivity contribution in [3.8, 4) is 0 Å². The highest BCUT2D eigenvalue weighted by molar-refractivity contribution is 5.79. The van der Waals surface area contributed by atoms with Crippen LogP contribution in [0.5, 0.6) is 0 Å². The molecule has 3 heterocycles. The molecule has 1 atom stereocenters. The van der Waals surface area contributed by atoms with E-state index >= 15 is 0 Å². The summed E-state index contributed by atoms with van der Waals surface area (Å²) in [6.45, 7) is 3.45. The lowest BCUT2D eigenvalue weighted by molar-refractivity contribution is -0.131. The Hall–Kier alpha value is -2.95. The minimum absolute atomic E-state index is 0.112. The Morgan fingerprint density at radius 2 is 2.15 bits per heavy atom. The van der Waals surface area contributed by atoms with Gasteiger partial charge in [0, 0.05) is 30.9 Å². The zero-order valence-corrected chi connectivity index (χ0v) is 15.4. The van der Waals surface area contributed by atoms with E-state index < -0.39 is 0 Å². The van der Waals surface area contributed by atoms with Gasteiger partial charge in [0.05, 0.1) is 17.3 Å². The molecule has 27 heavy (non-hydrogen) atoms. The predicted molar refractivity (Wildman–Crippen MR) is 106 cm³/mol. The summed E-state index contributed by atoms with van der Waals surface area (Å²) in [6.07, 6.45) is 4.02. The summed E-state index contributed by atoms with van der Waals surface area (Å²) in [5.74, 6) is 0.283. The lowest BCUT2D eigenvalue weighted by Crippen LogP contribution is -2.40. The van der Waals surface area contributed by atoms with Crippen LogP contribution in [0.4, 0.5) is 0 Å². The lowest BCUT2D eigenvalue weighted by Gasteiger charge is -2.33. The number of aromatic amines is 1. The van der Waals surface area contributed by atoms with Gasteiger partial charge >= 0.3 is 0 Å². The molecule has 4 rings (SSSR count). The molecule has 0 aliphatic carbocycles. The van der Waals surface area contributed by atoms with Crippen molar-refractivity contribution in [2.24, 2.45) is 0 Å². The van der Waals surface area contributed by atoms with E-state index in [4.69, 9.17) is 0 Å². The monoisotopic (exact) mass is 361 g/mol. The average Bonchev–Trinajstić information content (AvgIpc) is 2.68. The highest BCUT2D eigenvalue weighted by Crippen LogP contribution is 2.26. The van der Waals surface area contributed by atoms with Gasteiger partial charge in [-0.2, -0.15) is 0 Å². The van der Waals surface area contributed by atoms with Crippen molar-refractivity contribution >= 4 is 16.8 Å². The van der Waals surface area contributed by atoms with Crippen LogP contribution < -0.4 is 5.56 Å². The Morgan fingerprint density at radius 3 is 3.00 bits per heavy atom. The van der Waals surface area contributed by atoms with Gasteiger partial charge in [0.2, 0.25) is 5.91 Å². The molecule has 1 amide bonds. The van der Waals surface area contributed by atoms with Gasteiger partial charge in [0.1, 0.15) is 0 Å². The molecule has 1 fully saturated rings. The number of carbonyl (C=O) groups excluding carboxylic acids is 1. The number of likely N-dealkylation sites (tertiary alicyclic amines) is 1. The molecule has 138 valence electrons. The number of carbonyl (C=O) groups is 1. The number of aryl methyl sites for hydroxylation is 1. The van der Waals surface area contributed by atoms with E-state index in [1.165, 1.54) is 0 Å². The number of rotatable bonds is 3. The molecular formula is C22H23N3O2. The number of fused-ring (bicyclic) bond motifs is 1. The first-order valence-corrected chi connectivity index (χ1v) is 9.41. The molecule has 3 aromatic rings. The molecule has 0 saturated carbocycles. The molecule has 1 N–H and O–H groups in total. The van der Waals surface area contributed by atoms with E-state index in [2.05, 4.69) is 16.0 Å². The van der Waals surface area contributed by atoms with E-state index in [0.717, 1.165) is 36.2 Å². The summed E-state index contributed by atoms with van der Waals surface area (Å²) in [5.41, 5.74) is 3.68. The number of hydrogen-bond acceptors (Lipinski definition) is 3. The van der Waals surface area contributed by atoms with Crippen molar-refractivity contribution in [3.63, 3.8) is 0 Å². The number of nitrogens with zero attached hydrogens (tertiary/aromatic N) is 2. The second-order valence-electron chi connectivity index (χ2n) is 7.33. The summed E-state index contributed by atoms with van der Waals surface area (Å²) in [6, 6.07) is 13.6. The molecule has 0 radical (unpaired) electrons. The van der Waals surface area contributed by atoms with Crippen molar-refractivity contribution in [3.05, 3.63) is 75.8 Å². The Bertz CT molecular complexity index is 1040. The van der Waals surface area contributed by atoms with E-state index in [1.807, 2.05) is 36.1 Å². The fourth-order valence-electron chi connectivity index (χ4n) is 3.89. The highest BCUT2D eigenvalue weighted by Gasteiger charge is 2.25. The normalized spacial score (nSPS) is 17.2. The minimum Gasteiger partial charge on any atom is -0.342 e. The Morgan fingerprint density at radius 1 is 1.26 bits per heavy atom. The van der Waals surface area contributed by atoms with Crippen LogP contribution in [0.2, 0.25) is 0 Å². The second kappa shape index (κ2) is 7.35. The molecule has 1 unspecified atom stereocenters. The number of benzene rings is 1. The van der Waals surface area contributed by atoms with Crippen molar-refractivity contribution < 1.29 is 4.79 Å². The van der Waals surface area contributed by atoms with Gasteiger partial charge in [0.15, 0.2) is 0 Å². The SMILES string of the molecule is Cc1cccc(CC(=O)N2CCCC(c3cc4ncccc4c(=O)[nH]3)C2)c1. The molecule has 1 aromatic carbocycles. The van der Waals surface area contributed by atoms with E-state index in [1.54, 1.807) is 18.3 Å². The highest BCUT2D eigenvalue weighted by atomic mass is 16.2. The summed E-state index contributed by atoms with van der Waals surface area (Å²) in [7, 11) is 0. The van der Waals surface area contributed by atoms with Gasteiger partial charge < -0.3 is 9.88 Å². The van der Waals surface area contributed by atoms with Crippen molar-refractivity contribution in [1.82, 2.24) is 14.9 Å². The summed E-state index contributed by atoms with van der Waals surface area (Å²) >= 11 is 0. The van der Waals surface area contributed by atoms with Crippen LogP contribution in [0.1, 0.15) is 35.6 Å². The molecule has 0 spiro atoms. The van der Waals surface area contributed by atoms with Gasteiger partial charge in [0.25, 0.3) is 5.56 Å². The Labute approximate surface area is 158 Å². The molecule has 1 aliphatic rings. The predicted octanol–water partition coefficient (Wildman–Crippen LogP) is 3.18. The number of aromatic nitrogens is 2. The van der Waals surface area contributed by atoms with Crippen LogP contribution in [-0.2, 0) is 11.2 Å². The third-order valence-electron chi connectivity index (χ3n) is 5.29. The third kappa shape index (κ3) is 3.77. The van der Waals surface area contributed by atoms with Crippen LogP contribution >= 0.6 is 0 Å². The van der Waals surface area contributed by atoms with Crippen molar-refractivity contribution in [2.45, 2.75) is 32.1 Å². The van der Waals surface area contributed by atoms with Crippen molar-refractivity contribution in [2.75, 3.05) is 13.1 Å². The summed E-state index contributed by atoms with van der Waals surface area (Å²) in [4.78, 5) is 34.4. The maximum Gasteiger partial charge on any atom is 0.257 e. The lowest BCUT2D eigenvalue weighted by atomic mass is 9.93. The third-order valence-corrected chi connectivity index (χ3v) is 5.29. The number of amides is 1. The van der Waals surface area contributed by atoms with Crippen LogP contribution in [-0.4, -0.2) is 33.9 Å². The molecule has 1 aliphatic heterocycles. The van der Waals surface area contributed by atoms with Crippen LogP contribution in [0.15, 0.2) is 53.5 Å². The van der Waals surface area contributed by atoms with E-state index in [9.17, 15) is 9.59 Å². The topological polar surface area (TPSA) is 66.1 Å². The van der Waals surface area contributed by atoms with Gasteiger partial charge in [-0.05, 0) is 43.5 Å². The molecule has 1 saturated heterocycles. The van der Waals surface area contributed by atoms with Crippen LogP contribution in [0.3, 0.4) is 0 Å². The fraction of sp³-hybridized carbons (Fsp3) is 0.318. The fourth-order valence-corrected chi connectivity index (χ4v) is 3.89. The average molecular weight is 361 g/mol. The first-order chi connectivity index (χ1) is 13.1. The van der Waals surface area contributed by atoms with Gasteiger partial charge in [-0.1, -0.05) is 29.8 Å². The quantitative estimate of drug-likeness (QED) is 0.779. The Balaban J connectivity index is 1.52.